The van der Waals surface area contributed by atoms with E-state index in [2.05, 4.69) is 20.4 Å². The molecule has 0 saturated carbocycles. The number of nitrogens with one attached hydrogen (secondary N) is 2. The van der Waals surface area contributed by atoms with E-state index in [0.717, 1.165) is 23.3 Å². The topological polar surface area (TPSA) is 63.2 Å². The summed E-state index contributed by atoms with van der Waals surface area (Å²) < 4.78 is 31.7. The molecule has 0 aliphatic rings. The van der Waals surface area contributed by atoms with Crippen LogP contribution in [0.15, 0.2) is 30.6 Å². The number of carbonyl (C=O) groups excluding carboxylic acids is 1. The van der Waals surface area contributed by atoms with Gasteiger partial charge in [0.05, 0.1) is 7.11 Å². The Morgan fingerprint density at radius 3 is 2.61 bits per heavy atom. The average Bonchev–Trinajstić information content (AvgIpc) is 2.49. The van der Waals surface area contributed by atoms with Crippen LogP contribution in [0.4, 0.5) is 19.3 Å². The van der Waals surface area contributed by atoms with Crippen LogP contribution in [0.3, 0.4) is 0 Å². The molecule has 2 N–H and O–H groups in total. The summed E-state index contributed by atoms with van der Waals surface area (Å²) in [6.45, 7) is 2.32. The van der Waals surface area contributed by atoms with Gasteiger partial charge in [-0.1, -0.05) is 0 Å². The zero-order valence-electron chi connectivity index (χ0n) is 12.8. The average molecular weight is 321 g/mol. The van der Waals surface area contributed by atoms with Gasteiger partial charge in [0.15, 0.2) is 17.4 Å². The Balaban J connectivity index is 1.89. The maximum absolute atomic E-state index is 13.5. The van der Waals surface area contributed by atoms with Crippen molar-refractivity contribution in [2.24, 2.45) is 0 Å². The number of amides is 2. The number of aromatic nitrogens is 1. The molecule has 23 heavy (non-hydrogen) atoms. The highest BCUT2D eigenvalue weighted by molar-refractivity contribution is 5.89. The first-order valence-electron chi connectivity index (χ1n) is 6.98. The lowest BCUT2D eigenvalue weighted by molar-refractivity contribution is 0.252. The number of rotatable bonds is 5. The number of ether oxygens (including phenoxy) is 1. The van der Waals surface area contributed by atoms with Gasteiger partial charge in [-0.3, -0.25) is 4.98 Å². The third kappa shape index (κ3) is 4.38. The lowest BCUT2D eigenvalue weighted by atomic mass is 10.1. The van der Waals surface area contributed by atoms with E-state index in [-0.39, 0.29) is 5.69 Å². The summed E-state index contributed by atoms with van der Waals surface area (Å²) in [7, 11) is 1.17. The number of carbonyl (C=O) groups is 1. The predicted octanol–water partition coefficient (Wildman–Crippen LogP) is 3.04. The Hall–Kier alpha value is -2.70. The molecule has 1 heterocycles. The fourth-order valence-corrected chi connectivity index (χ4v) is 2.10. The minimum Gasteiger partial charge on any atom is -0.491 e. The highest BCUT2D eigenvalue weighted by Crippen LogP contribution is 2.25. The van der Waals surface area contributed by atoms with Gasteiger partial charge in [-0.15, -0.1) is 0 Å². The van der Waals surface area contributed by atoms with Crippen LogP contribution in [-0.4, -0.2) is 24.7 Å². The van der Waals surface area contributed by atoms with E-state index in [1.54, 1.807) is 12.4 Å². The number of benzene rings is 1. The van der Waals surface area contributed by atoms with Gasteiger partial charge in [-0.25, -0.2) is 13.6 Å². The van der Waals surface area contributed by atoms with Gasteiger partial charge in [0, 0.05) is 36.8 Å². The van der Waals surface area contributed by atoms with Crippen molar-refractivity contribution in [1.82, 2.24) is 10.3 Å². The smallest absolute Gasteiger partial charge is 0.319 e. The lowest BCUT2D eigenvalue weighted by Gasteiger charge is -2.10. The van der Waals surface area contributed by atoms with Crippen molar-refractivity contribution in [3.05, 3.63) is 53.4 Å². The van der Waals surface area contributed by atoms with Crippen molar-refractivity contribution < 1.29 is 18.3 Å². The Bertz CT molecular complexity index is 684. The molecule has 7 heteroatoms. The van der Waals surface area contributed by atoms with Crippen LogP contribution in [0.25, 0.3) is 0 Å². The van der Waals surface area contributed by atoms with Crippen molar-refractivity contribution in [2.75, 3.05) is 19.0 Å². The van der Waals surface area contributed by atoms with Gasteiger partial charge in [0.2, 0.25) is 0 Å². The second-order valence-electron chi connectivity index (χ2n) is 4.91. The van der Waals surface area contributed by atoms with Crippen molar-refractivity contribution in [3.8, 4) is 5.75 Å². The molecule has 0 fully saturated rings. The number of methoxy groups -OCH3 is 1. The molecule has 2 amide bonds. The summed E-state index contributed by atoms with van der Waals surface area (Å²) in [6, 6.07) is 3.33. The minimum absolute atomic E-state index is 0.0124. The molecule has 5 nitrogen and oxygen atoms in total. The Labute approximate surface area is 132 Å². The second kappa shape index (κ2) is 7.53. The number of hydrogen-bond donors (Lipinski definition) is 2. The monoisotopic (exact) mass is 321 g/mol. The molecule has 0 spiro atoms. The third-order valence-corrected chi connectivity index (χ3v) is 3.28. The highest BCUT2D eigenvalue weighted by atomic mass is 19.1. The standard InChI is InChI=1S/C16H17F2N3O2/c1-10-9-19-5-3-11(10)4-6-20-16(22)21-12-7-13(17)15(23-2)14(18)8-12/h3,5,7-9H,4,6H2,1-2H3,(H2,20,21,22). The highest BCUT2D eigenvalue weighted by Gasteiger charge is 2.12. The fraction of sp³-hybridized carbons (Fsp3) is 0.250. The molecule has 2 rings (SSSR count). The first kappa shape index (κ1) is 16.7. The lowest BCUT2D eigenvalue weighted by Crippen LogP contribution is -2.30. The van der Waals surface area contributed by atoms with Crippen LogP contribution in [0, 0.1) is 18.6 Å². The number of aryl methyl sites for hydroxylation is 1. The second-order valence-corrected chi connectivity index (χ2v) is 4.91. The number of pyridine rings is 1. The number of hydrogen-bond acceptors (Lipinski definition) is 3. The quantitative estimate of drug-likeness (QED) is 0.890. The van der Waals surface area contributed by atoms with Gasteiger partial charge in [-0.05, 0) is 30.5 Å². The van der Waals surface area contributed by atoms with Gasteiger partial charge in [-0.2, -0.15) is 0 Å². The number of anilines is 1. The van der Waals surface area contributed by atoms with Crippen LogP contribution >= 0.6 is 0 Å². The molecule has 0 radical (unpaired) electrons. The fourth-order valence-electron chi connectivity index (χ4n) is 2.10. The van der Waals surface area contributed by atoms with Crippen molar-refractivity contribution in [1.29, 1.82) is 0 Å². The molecule has 122 valence electrons. The molecule has 2 aromatic rings. The zero-order valence-corrected chi connectivity index (χ0v) is 12.8. The summed E-state index contributed by atoms with van der Waals surface area (Å²) in [5, 5.41) is 5.01. The molecule has 0 bridgehead atoms. The Morgan fingerprint density at radius 1 is 1.30 bits per heavy atom. The molecule has 0 aliphatic carbocycles. The van der Waals surface area contributed by atoms with E-state index in [9.17, 15) is 13.6 Å². The van der Waals surface area contributed by atoms with E-state index in [4.69, 9.17) is 0 Å². The van der Waals surface area contributed by atoms with Gasteiger partial charge < -0.3 is 15.4 Å². The Morgan fingerprint density at radius 2 is 2.00 bits per heavy atom. The summed E-state index contributed by atoms with van der Waals surface area (Å²) in [4.78, 5) is 15.7. The maximum Gasteiger partial charge on any atom is 0.319 e. The molecular weight excluding hydrogens is 304 g/mol. The van der Waals surface area contributed by atoms with E-state index in [1.165, 1.54) is 7.11 Å². The van der Waals surface area contributed by atoms with Crippen molar-refractivity contribution >= 4 is 11.7 Å². The first-order chi connectivity index (χ1) is 11.0. The summed E-state index contributed by atoms with van der Waals surface area (Å²) in [5.74, 6) is -2.24. The zero-order chi connectivity index (χ0) is 16.8. The van der Waals surface area contributed by atoms with Gasteiger partial charge in [0.1, 0.15) is 0 Å². The molecule has 0 saturated heterocycles. The molecule has 1 aromatic heterocycles. The van der Waals surface area contributed by atoms with Crippen LogP contribution in [-0.2, 0) is 6.42 Å². The largest absolute Gasteiger partial charge is 0.491 e. The van der Waals surface area contributed by atoms with E-state index in [1.807, 2.05) is 13.0 Å². The van der Waals surface area contributed by atoms with Crippen molar-refractivity contribution in [2.45, 2.75) is 13.3 Å². The van der Waals surface area contributed by atoms with Gasteiger partial charge in [0.25, 0.3) is 0 Å². The third-order valence-electron chi connectivity index (χ3n) is 3.28. The molecule has 0 aliphatic heterocycles. The van der Waals surface area contributed by atoms with Crippen LogP contribution < -0.4 is 15.4 Å². The SMILES string of the molecule is COc1c(F)cc(NC(=O)NCCc2ccncc2C)cc1F. The van der Waals surface area contributed by atoms with Crippen LogP contribution in [0.5, 0.6) is 5.75 Å². The van der Waals surface area contributed by atoms with E-state index >= 15 is 0 Å². The normalized spacial score (nSPS) is 10.3. The summed E-state index contributed by atoms with van der Waals surface area (Å²) in [6.07, 6.45) is 4.07. The predicted molar refractivity (Wildman–Crippen MR) is 82.6 cm³/mol. The van der Waals surface area contributed by atoms with Gasteiger partial charge >= 0.3 is 6.03 Å². The maximum atomic E-state index is 13.5. The first-order valence-corrected chi connectivity index (χ1v) is 6.98. The molecule has 0 atom stereocenters. The summed E-state index contributed by atoms with van der Waals surface area (Å²) >= 11 is 0. The summed E-state index contributed by atoms with van der Waals surface area (Å²) in [5.41, 5.74) is 2.12. The Kier molecular flexibility index (Phi) is 5.46. The number of urea groups is 1. The number of halogens is 2. The van der Waals surface area contributed by atoms with E-state index in [0.29, 0.717) is 13.0 Å². The number of nitrogens with zero attached hydrogens (tertiary/aromatic N) is 1. The van der Waals surface area contributed by atoms with Crippen molar-refractivity contribution in [3.63, 3.8) is 0 Å². The van der Waals surface area contributed by atoms with Crippen LogP contribution in [0.2, 0.25) is 0 Å². The minimum atomic E-state index is -0.879. The van der Waals surface area contributed by atoms with Crippen LogP contribution in [0.1, 0.15) is 11.1 Å². The molecular formula is C16H17F2N3O2. The van der Waals surface area contributed by atoms with E-state index < -0.39 is 23.4 Å². The molecule has 1 aromatic carbocycles. The molecule has 0 unspecified atom stereocenters.